The third-order valence-corrected chi connectivity index (χ3v) is 3.20. The van der Waals surface area contributed by atoms with E-state index in [2.05, 4.69) is 17.1 Å². The Hall–Kier alpha value is -0.650. The molecule has 1 aliphatic rings. The molecule has 0 radical (unpaired) electrons. The number of carbonyl (C=O) groups excluding carboxylic acids is 1. The lowest BCUT2D eigenvalue weighted by atomic mass is 10.1. The largest absolute Gasteiger partial charge is 0.374 e. The molecular weight excluding hydrogens is 218 g/mol. The van der Waals surface area contributed by atoms with Crippen molar-refractivity contribution in [1.29, 1.82) is 0 Å². The molecule has 1 saturated heterocycles. The number of nitrogens with two attached hydrogens (primary N) is 1. The van der Waals surface area contributed by atoms with Crippen molar-refractivity contribution in [3.63, 3.8) is 0 Å². The van der Waals surface area contributed by atoms with Crippen molar-refractivity contribution in [2.24, 2.45) is 11.7 Å². The van der Waals surface area contributed by atoms with Crippen LogP contribution in [-0.4, -0.2) is 55.7 Å². The standard InChI is InChI=1S/C12H25N3O2/c1-4-15-5-6-17-10(8-15)7-14-12(16)11(13)9(2)3/h9-11H,4-8,13H2,1-3H3,(H,14,16)/t10?,11-/m1/s1. The number of ether oxygens (including phenoxy) is 1. The monoisotopic (exact) mass is 243 g/mol. The molecule has 0 spiro atoms. The zero-order valence-electron chi connectivity index (χ0n) is 11.1. The summed E-state index contributed by atoms with van der Waals surface area (Å²) in [6.07, 6.45) is 0.0898. The fourth-order valence-corrected chi connectivity index (χ4v) is 1.83. The SMILES string of the molecule is CCN1CCOC(CNC(=O)[C@H](N)C(C)C)C1. The number of hydrogen-bond acceptors (Lipinski definition) is 4. The Labute approximate surface area is 104 Å². The van der Waals surface area contributed by atoms with Gasteiger partial charge in [0.1, 0.15) is 0 Å². The molecule has 3 N–H and O–H groups in total. The lowest BCUT2D eigenvalue weighted by molar-refractivity contribution is -0.124. The van der Waals surface area contributed by atoms with Crippen molar-refractivity contribution >= 4 is 5.91 Å². The number of nitrogens with one attached hydrogen (secondary N) is 1. The van der Waals surface area contributed by atoms with Crippen LogP contribution in [-0.2, 0) is 9.53 Å². The molecule has 5 heteroatoms. The Bertz CT molecular complexity index is 246. The van der Waals surface area contributed by atoms with E-state index in [1.165, 1.54) is 0 Å². The highest BCUT2D eigenvalue weighted by molar-refractivity contribution is 5.81. The fourth-order valence-electron chi connectivity index (χ4n) is 1.83. The van der Waals surface area contributed by atoms with Gasteiger partial charge in [-0.2, -0.15) is 0 Å². The summed E-state index contributed by atoms with van der Waals surface area (Å²) in [7, 11) is 0. The molecule has 5 nitrogen and oxygen atoms in total. The normalized spacial score (nSPS) is 23.7. The molecule has 100 valence electrons. The Morgan fingerprint density at radius 2 is 2.29 bits per heavy atom. The summed E-state index contributed by atoms with van der Waals surface area (Å²) in [5, 5.41) is 2.86. The molecule has 1 rings (SSSR count). The van der Waals surface area contributed by atoms with E-state index in [0.29, 0.717) is 6.54 Å². The van der Waals surface area contributed by atoms with Gasteiger partial charge in [0, 0.05) is 19.6 Å². The van der Waals surface area contributed by atoms with Gasteiger partial charge in [0.15, 0.2) is 0 Å². The summed E-state index contributed by atoms with van der Waals surface area (Å²) in [6, 6.07) is -0.430. The average molecular weight is 243 g/mol. The van der Waals surface area contributed by atoms with E-state index in [9.17, 15) is 4.79 Å². The Kier molecular flexibility index (Phi) is 5.88. The minimum Gasteiger partial charge on any atom is -0.374 e. The molecule has 1 amide bonds. The Balaban J connectivity index is 2.28. The minimum absolute atomic E-state index is 0.0859. The van der Waals surface area contributed by atoms with Gasteiger partial charge in [-0.3, -0.25) is 9.69 Å². The third kappa shape index (κ3) is 4.61. The Morgan fingerprint density at radius 3 is 2.88 bits per heavy atom. The molecule has 2 atom stereocenters. The fraction of sp³-hybridized carbons (Fsp3) is 0.917. The van der Waals surface area contributed by atoms with Crippen LogP contribution in [0.15, 0.2) is 0 Å². The predicted octanol–water partition coefficient (Wildman–Crippen LogP) is -0.193. The van der Waals surface area contributed by atoms with Crippen molar-refractivity contribution in [3.05, 3.63) is 0 Å². The molecule has 0 aromatic heterocycles. The van der Waals surface area contributed by atoms with Gasteiger partial charge in [-0.05, 0) is 12.5 Å². The van der Waals surface area contributed by atoms with E-state index in [1.54, 1.807) is 0 Å². The first-order chi connectivity index (χ1) is 8.04. The molecule has 17 heavy (non-hydrogen) atoms. The summed E-state index contributed by atoms with van der Waals surface area (Å²) in [4.78, 5) is 14.0. The second-order valence-corrected chi connectivity index (χ2v) is 4.90. The molecule has 1 unspecified atom stereocenters. The van der Waals surface area contributed by atoms with Crippen molar-refractivity contribution in [1.82, 2.24) is 10.2 Å². The number of nitrogens with zero attached hydrogens (tertiary/aromatic N) is 1. The van der Waals surface area contributed by atoms with Crippen LogP contribution < -0.4 is 11.1 Å². The van der Waals surface area contributed by atoms with Gasteiger partial charge in [-0.1, -0.05) is 20.8 Å². The number of carbonyl (C=O) groups is 1. The molecule has 1 aliphatic heterocycles. The molecule has 1 heterocycles. The molecule has 0 aromatic rings. The number of amides is 1. The maximum atomic E-state index is 11.7. The van der Waals surface area contributed by atoms with Gasteiger partial charge >= 0.3 is 0 Å². The van der Waals surface area contributed by atoms with E-state index in [1.807, 2.05) is 13.8 Å². The second-order valence-electron chi connectivity index (χ2n) is 4.90. The highest BCUT2D eigenvalue weighted by Gasteiger charge is 2.22. The predicted molar refractivity (Wildman–Crippen MR) is 67.7 cm³/mol. The van der Waals surface area contributed by atoms with Gasteiger partial charge in [0.2, 0.25) is 5.91 Å². The zero-order valence-corrected chi connectivity index (χ0v) is 11.1. The van der Waals surface area contributed by atoms with Crippen molar-refractivity contribution < 1.29 is 9.53 Å². The summed E-state index contributed by atoms with van der Waals surface area (Å²) in [5.41, 5.74) is 5.77. The first kappa shape index (κ1) is 14.4. The highest BCUT2D eigenvalue weighted by atomic mass is 16.5. The first-order valence-electron chi connectivity index (χ1n) is 6.41. The van der Waals surface area contributed by atoms with E-state index in [0.717, 1.165) is 26.2 Å². The minimum atomic E-state index is -0.430. The van der Waals surface area contributed by atoms with Gasteiger partial charge in [0.25, 0.3) is 0 Å². The first-order valence-corrected chi connectivity index (χ1v) is 6.41. The lowest BCUT2D eigenvalue weighted by Gasteiger charge is -2.32. The second kappa shape index (κ2) is 6.93. The smallest absolute Gasteiger partial charge is 0.237 e. The van der Waals surface area contributed by atoms with Crippen LogP contribution in [0, 0.1) is 5.92 Å². The van der Waals surface area contributed by atoms with Crippen LogP contribution in [0.25, 0.3) is 0 Å². The van der Waals surface area contributed by atoms with Crippen molar-refractivity contribution in [2.45, 2.75) is 32.9 Å². The number of morpholine rings is 1. The lowest BCUT2D eigenvalue weighted by Crippen LogP contribution is -2.50. The quantitative estimate of drug-likeness (QED) is 0.702. The van der Waals surface area contributed by atoms with E-state index in [-0.39, 0.29) is 17.9 Å². The molecule has 0 aliphatic carbocycles. The summed E-state index contributed by atoms with van der Waals surface area (Å²) < 4.78 is 5.60. The van der Waals surface area contributed by atoms with Crippen molar-refractivity contribution in [3.8, 4) is 0 Å². The number of likely N-dealkylation sites (N-methyl/N-ethyl adjacent to an activating group) is 1. The summed E-state index contributed by atoms with van der Waals surface area (Å²) >= 11 is 0. The third-order valence-electron chi connectivity index (χ3n) is 3.20. The summed E-state index contributed by atoms with van der Waals surface area (Å²) in [5.74, 6) is 0.0756. The molecule has 1 fully saturated rings. The van der Waals surface area contributed by atoms with Crippen LogP contribution in [0.1, 0.15) is 20.8 Å². The maximum absolute atomic E-state index is 11.7. The van der Waals surface area contributed by atoms with Crippen LogP contribution in [0.5, 0.6) is 0 Å². The molecule has 0 aromatic carbocycles. The maximum Gasteiger partial charge on any atom is 0.237 e. The van der Waals surface area contributed by atoms with E-state index >= 15 is 0 Å². The van der Waals surface area contributed by atoms with Crippen LogP contribution in [0.4, 0.5) is 0 Å². The van der Waals surface area contributed by atoms with Gasteiger partial charge in [0.05, 0.1) is 18.8 Å². The average Bonchev–Trinajstić information content (AvgIpc) is 2.35. The van der Waals surface area contributed by atoms with E-state index in [4.69, 9.17) is 10.5 Å². The van der Waals surface area contributed by atoms with Crippen LogP contribution >= 0.6 is 0 Å². The number of hydrogen-bond donors (Lipinski definition) is 2. The van der Waals surface area contributed by atoms with Gasteiger partial charge in [-0.25, -0.2) is 0 Å². The molecular formula is C12H25N3O2. The van der Waals surface area contributed by atoms with E-state index < -0.39 is 6.04 Å². The van der Waals surface area contributed by atoms with Gasteiger partial charge < -0.3 is 15.8 Å². The zero-order chi connectivity index (χ0) is 12.8. The molecule has 0 bridgehead atoms. The van der Waals surface area contributed by atoms with Crippen molar-refractivity contribution in [2.75, 3.05) is 32.8 Å². The van der Waals surface area contributed by atoms with Crippen LogP contribution in [0.2, 0.25) is 0 Å². The highest BCUT2D eigenvalue weighted by Crippen LogP contribution is 2.04. The van der Waals surface area contributed by atoms with Gasteiger partial charge in [-0.15, -0.1) is 0 Å². The summed E-state index contributed by atoms with van der Waals surface area (Å²) in [6.45, 7) is 10.2. The molecule has 0 saturated carbocycles. The Morgan fingerprint density at radius 1 is 1.59 bits per heavy atom. The van der Waals surface area contributed by atoms with Crippen LogP contribution in [0.3, 0.4) is 0 Å². The number of rotatable bonds is 5. The topological polar surface area (TPSA) is 67.6 Å².